The number of hydrogen-bond donors (Lipinski definition) is 0. The van der Waals surface area contributed by atoms with Gasteiger partial charge >= 0.3 is 7.60 Å². The summed E-state index contributed by atoms with van der Waals surface area (Å²) in [4.78, 5) is 0. The van der Waals surface area contributed by atoms with Crippen LogP contribution in [0.5, 0.6) is 11.5 Å². The topological polar surface area (TPSA) is 35.5 Å². The second kappa shape index (κ2) is 9.14. The van der Waals surface area contributed by atoms with Gasteiger partial charge in [-0.15, -0.1) is 0 Å². The van der Waals surface area contributed by atoms with E-state index in [1.54, 1.807) is 36.4 Å². The van der Waals surface area contributed by atoms with E-state index in [9.17, 15) is 4.57 Å². The Bertz CT molecular complexity index is 984. The highest BCUT2D eigenvalue weighted by atomic mass is 79.9. The third kappa shape index (κ3) is 4.73. The minimum absolute atomic E-state index is 0.347. The lowest BCUT2D eigenvalue weighted by atomic mass is 10.3. The zero-order valence-electron chi connectivity index (χ0n) is 13.3. The fourth-order valence-corrected chi connectivity index (χ4v) is 7.17. The molecule has 0 bridgehead atoms. The zero-order valence-corrected chi connectivity index (χ0v) is 22.2. The predicted octanol–water partition coefficient (Wildman–Crippen LogP) is 8.48. The lowest BCUT2D eigenvalue weighted by Gasteiger charge is -2.22. The maximum absolute atomic E-state index is 13.8. The number of rotatable bonds is 5. The normalized spacial score (nSPS) is 13.1. The van der Waals surface area contributed by atoms with Gasteiger partial charge in [0.25, 0.3) is 0 Å². The molecule has 1 atom stereocenters. The molecule has 0 fully saturated rings. The molecule has 0 radical (unpaired) electrons. The molecule has 0 spiro atoms. The van der Waals surface area contributed by atoms with Gasteiger partial charge in [0, 0.05) is 4.47 Å². The van der Waals surface area contributed by atoms with Crippen molar-refractivity contribution in [3.63, 3.8) is 0 Å². The molecule has 0 saturated heterocycles. The number of halogens is 5. The predicted molar refractivity (Wildman–Crippen MR) is 126 cm³/mol. The van der Waals surface area contributed by atoms with Crippen LogP contribution in [0.15, 0.2) is 83.0 Å². The van der Waals surface area contributed by atoms with Gasteiger partial charge in [-0.05, 0) is 104 Å². The molecule has 0 aliphatic rings. The molecule has 0 aliphatic carbocycles. The Balaban J connectivity index is 2.12. The summed E-state index contributed by atoms with van der Waals surface area (Å²) in [6, 6.07) is 17.8. The second-order valence-corrected chi connectivity index (χ2v) is 11.1. The quantitative estimate of drug-likeness (QED) is 0.152. The summed E-state index contributed by atoms with van der Waals surface area (Å²) in [5.74, 6) is 0.798. The van der Waals surface area contributed by atoms with Gasteiger partial charge in [-0.1, -0.05) is 36.4 Å². The minimum Gasteiger partial charge on any atom is -0.413 e. The Morgan fingerprint density at radius 3 is 1.56 bits per heavy atom. The number of para-hydroxylation sites is 1. The maximum Gasteiger partial charge on any atom is 0.462 e. The van der Waals surface area contributed by atoms with E-state index in [0.29, 0.717) is 34.7 Å². The second-order valence-electron chi connectivity index (χ2n) is 5.23. The van der Waals surface area contributed by atoms with Crippen molar-refractivity contribution in [2.24, 2.45) is 0 Å². The first-order chi connectivity index (χ1) is 12.8. The standard InChI is InChI=1S/C18H10Br5O3P/c19-13-14(20)16(22)18(17(23)15(13)21)26-27(24,12-9-5-2-6-10-12)25-11-7-3-1-4-8-11/h1-10H. The van der Waals surface area contributed by atoms with Crippen LogP contribution in [-0.4, -0.2) is 0 Å². The molecule has 9 heteroatoms. The van der Waals surface area contributed by atoms with Crippen molar-refractivity contribution in [1.29, 1.82) is 0 Å². The molecule has 0 N–H and O–H groups in total. The van der Waals surface area contributed by atoms with Crippen LogP contribution in [0, 0.1) is 0 Å². The minimum atomic E-state index is -3.74. The summed E-state index contributed by atoms with van der Waals surface area (Å²) in [5, 5.41) is 0.447. The van der Waals surface area contributed by atoms with Crippen molar-refractivity contribution in [1.82, 2.24) is 0 Å². The maximum atomic E-state index is 13.8. The van der Waals surface area contributed by atoms with Gasteiger partial charge in [0.05, 0.1) is 23.2 Å². The van der Waals surface area contributed by atoms with Crippen molar-refractivity contribution >= 4 is 92.6 Å². The van der Waals surface area contributed by atoms with Gasteiger partial charge < -0.3 is 9.05 Å². The lowest BCUT2D eigenvalue weighted by Crippen LogP contribution is -2.15. The van der Waals surface area contributed by atoms with Crippen molar-refractivity contribution in [2.45, 2.75) is 0 Å². The Hall–Kier alpha value is -0.110. The summed E-state index contributed by atoms with van der Waals surface area (Å²) in [6.07, 6.45) is 0. The van der Waals surface area contributed by atoms with Crippen LogP contribution in [0.25, 0.3) is 0 Å². The third-order valence-electron chi connectivity index (χ3n) is 3.42. The Morgan fingerprint density at radius 2 is 1.04 bits per heavy atom. The SMILES string of the molecule is O=P(Oc1ccccc1)(Oc1c(Br)c(Br)c(Br)c(Br)c1Br)c1ccccc1. The fourth-order valence-electron chi connectivity index (χ4n) is 2.14. The van der Waals surface area contributed by atoms with E-state index in [1.165, 1.54) is 0 Å². The van der Waals surface area contributed by atoms with Crippen molar-refractivity contribution < 1.29 is 13.6 Å². The van der Waals surface area contributed by atoms with Crippen LogP contribution >= 0.6 is 87.2 Å². The summed E-state index contributed by atoms with van der Waals surface area (Å²) >= 11 is 17.5. The first-order valence-corrected chi connectivity index (χ1v) is 13.0. The van der Waals surface area contributed by atoms with E-state index < -0.39 is 7.60 Å². The molecule has 3 nitrogen and oxygen atoms in total. The summed E-state index contributed by atoms with van der Waals surface area (Å²) in [5.41, 5.74) is 0. The average Bonchev–Trinajstić information content (AvgIpc) is 2.70. The Labute approximate surface area is 199 Å². The first-order valence-electron chi connectivity index (χ1n) is 7.45. The van der Waals surface area contributed by atoms with Crippen molar-refractivity contribution in [3.8, 4) is 11.5 Å². The molecule has 27 heavy (non-hydrogen) atoms. The lowest BCUT2D eigenvalue weighted by molar-refractivity contribution is 0.397. The van der Waals surface area contributed by atoms with E-state index in [4.69, 9.17) is 9.05 Å². The fraction of sp³-hybridized carbons (Fsp3) is 0. The molecule has 0 aromatic heterocycles. The zero-order chi connectivity index (χ0) is 19.6. The van der Waals surface area contributed by atoms with Crippen LogP contribution < -0.4 is 14.4 Å². The Morgan fingerprint density at radius 1 is 0.593 bits per heavy atom. The van der Waals surface area contributed by atoms with Crippen molar-refractivity contribution in [2.75, 3.05) is 0 Å². The van der Waals surface area contributed by atoms with E-state index in [1.807, 2.05) is 24.3 Å². The summed E-state index contributed by atoms with van der Waals surface area (Å²) < 4.78 is 29.1. The summed E-state index contributed by atoms with van der Waals surface area (Å²) in [7, 11) is -3.74. The van der Waals surface area contributed by atoms with E-state index in [2.05, 4.69) is 79.6 Å². The molecule has 0 aliphatic heterocycles. The van der Waals surface area contributed by atoms with Gasteiger partial charge in [-0.2, -0.15) is 0 Å². The number of hydrogen-bond acceptors (Lipinski definition) is 3. The largest absolute Gasteiger partial charge is 0.462 e. The highest BCUT2D eigenvalue weighted by Gasteiger charge is 2.34. The molecular formula is C18H10Br5O3P. The molecule has 3 aromatic carbocycles. The van der Waals surface area contributed by atoms with Gasteiger partial charge in [0.1, 0.15) is 5.75 Å². The average molecular weight is 705 g/mol. The summed E-state index contributed by atoms with van der Waals surface area (Å²) in [6.45, 7) is 0. The van der Waals surface area contributed by atoms with Crippen LogP contribution in [0.3, 0.4) is 0 Å². The van der Waals surface area contributed by atoms with Gasteiger partial charge in [0.15, 0.2) is 5.75 Å². The number of benzene rings is 3. The third-order valence-corrected chi connectivity index (χ3v) is 11.2. The van der Waals surface area contributed by atoms with E-state index in [0.717, 1.165) is 4.47 Å². The molecule has 0 heterocycles. The van der Waals surface area contributed by atoms with Crippen LogP contribution in [0.1, 0.15) is 0 Å². The van der Waals surface area contributed by atoms with E-state index >= 15 is 0 Å². The Kier molecular flexibility index (Phi) is 7.31. The molecule has 3 aromatic rings. The van der Waals surface area contributed by atoms with Crippen LogP contribution in [-0.2, 0) is 4.57 Å². The molecule has 1 unspecified atom stereocenters. The molecular weight excluding hydrogens is 695 g/mol. The smallest absolute Gasteiger partial charge is 0.413 e. The monoisotopic (exact) mass is 700 g/mol. The molecule has 0 saturated carbocycles. The first kappa shape index (κ1) is 21.6. The van der Waals surface area contributed by atoms with Crippen LogP contribution in [0.4, 0.5) is 0 Å². The van der Waals surface area contributed by atoms with Crippen LogP contribution in [0.2, 0.25) is 0 Å². The van der Waals surface area contributed by atoms with Crippen molar-refractivity contribution in [3.05, 3.63) is 83.0 Å². The highest BCUT2D eigenvalue weighted by molar-refractivity contribution is 9.15. The van der Waals surface area contributed by atoms with E-state index in [-0.39, 0.29) is 0 Å². The van der Waals surface area contributed by atoms with Gasteiger partial charge in [-0.3, -0.25) is 0 Å². The molecule has 140 valence electrons. The van der Waals surface area contributed by atoms with Gasteiger partial charge in [0.2, 0.25) is 0 Å². The highest BCUT2D eigenvalue weighted by Crippen LogP contribution is 2.55. The molecule has 3 rings (SSSR count). The molecule has 0 amide bonds. The van der Waals surface area contributed by atoms with Gasteiger partial charge in [-0.25, -0.2) is 4.57 Å².